The van der Waals surface area contributed by atoms with Gasteiger partial charge in [-0.15, -0.1) is 0 Å². The molecule has 112 valence electrons. The molecule has 20 heavy (non-hydrogen) atoms. The third kappa shape index (κ3) is 2.03. The molecule has 4 aliphatic rings. The van der Waals surface area contributed by atoms with Gasteiger partial charge in [0.15, 0.2) is 0 Å². The predicted octanol–water partition coefficient (Wildman–Crippen LogP) is 4.49. The van der Waals surface area contributed by atoms with Crippen molar-refractivity contribution in [2.24, 2.45) is 22.7 Å². The molecule has 2 atom stereocenters. The summed E-state index contributed by atoms with van der Waals surface area (Å²) in [5, 5.41) is 0. The lowest BCUT2D eigenvalue weighted by Gasteiger charge is -2.65. The van der Waals surface area contributed by atoms with Crippen molar-refractivity contribution in [3.8, 4) is 0 Å². The molecule has 2 unspecified atom stereocenters. The molecule has 0 aromatic carbocycles. The van der Waals surface area contributed by atoms with Gasteiger partial charge in [0.05, 0.1) is 0 Å². The summed E-state index contributed by atoms with van der Waals surface area (Å²) in [5.41, 5.74) is 0.810. The first-order valence-electron chi connectivity index (χ1n) is 8.04. The first kappa shape index (κ1) is 14.2. The molecule has 0 saturated heterocycles. The van der Waals surface area contributed by atoms with Gasteiger partial charge in [-0.1, -0.05) is 13.5 Å². The van der Waals surface area contributed by atoms with Crippen LogP contribution in [0.5, 0.6) is 0 Å². The van der Waals surface area contributed by atoms with Crippen LogP contribution < -0.4 is 0 Å². The van der Waals surface area contributed by atoms with Crippen LogP contribution in [0.15, 0.2) is 12.2 Å². The van der Waals surface area contributed by atoms with Crippen molar-refractivity contribution in [2.45, 2.75) is 71.8 Å². The largest absolute Gasteiger partial charge is 0.456 e. The van der Waals surface area contributed by atoms with Crippen LogP contribution in [0, 0.1) is 22.7 Å². The first-order chi connectivity index (χ1) is 9.15. The maximum Gasteiger partial charge on any atom is 0.333 e. The van der Waals surface area contributed by atoms with Crippen LogP contribution in [0.25, 0.3) is 0 Å². The molecule has 2 nitrogen and oxygen atoms in total. The van der Waals surface area contributed by atoms with Crippen LogP contribution in [-0.4, -0.2) is 11.6 Å². The minimum absolute atomic E-state index is 0.191. The average Bonchev–Trinajstić information content (AvgIpc) is 2.24. The fraction of sp³-hybridized carbons (Fsp3) is 0.833. The van der Waals surface area contributed by atoms with Crippen molar-refractivity contribution < 1.29 is 9.53 Å². The second kappa shape index (κ2) is 4.11. The van der Waals surface area contributed by atoms with Crippen molar-refractivity contribution >= 4 is 5.97 Å². The van der Waals surface area contributed by atoms with Gasteiger partial charge >= 0.3 is 5.97 Å². The van der Waals surface area contributed by atoms with Gasteiger partial charge in [0.2, 0.25) is 0 Å². The molecular weight excluding hydrogens is 248 g/mol. The van der Waals surface area contributed by atoms with Crippen LogP contribution in [0.2, 0.25) is 0 Å². The second-order valence-corrected chi connectivity index (χ2v) is 8.73. The normalized spacial score (nSPS) is 42.6. The molecule has 4 saturated carbocycles. The molecule has 4 fully saturated rings. The molecule has 0 N–H and O–H groups in total. The van der Waals surface area contributed by atoms with Crippen LogP contribution >= 0.6 is 0 Å². The average molecular weight is 276 g/mol. The van der Waals surface area contributed by atoms with Gasteiger partial charge in [0.1, 0.15) is 5.60 Å². The van der Waals surface area contributed by atoms with Gasteiger partial charge in [-0.2, -0.15) is 0 Å². The molecule has 4 rings (SSSR count). The maximum absolute atomic E-state index is 12.0. The van der Waals surface area contributed by atoms with Crippen LogP contribution in [0.4, 0.5) is 0 Å². The lowest BCUT2D eigenvalue weighted by molar-refractivity contribution is -0.208. The predicted molar refractivity (Wildman–Crippen MR) is 80.2 cm³/mol. The number of esters is 1. The highest BCUT2D eigenvalue weighted by Gasteiger charge is 2.62. The molecule has 0 heterocycles. The van der Waals surface area contributed by atoms with E-state index in [9.17, 15) is 4.79 Å². The third-order valence-electron chi connectivity index (χ3n) is 6.33. The number of hydrogen-bond acceptors (Lipinski definition) is 2. The zero-order valence-electron chi connectivity index (χ0n) is 13.4. The molecule has 4 aliphatic carbocycles. The van der Waals surface area contributed by atoms with Crippen LogP contribution in [-0.2, 0) is 9.53 Å². The van der Waals surface area contributed by atoms with E-state index in [2.05, 4.69) is 27.4 Å². The van der Waals surface area contributed by atoms with E-state index >= 15 is 0 Å². The fourth-order valence-electron chi connectivity index (χ4n) is 5.85. The summed E-state index contributed by atoms with van der Waals surface area (Å²) < 4.78 is 5.89. The Morgan fingerprint density at radius 1 is 1.20 bits per heavy atom. The Morgan fingerprint density at radius 2 is 1.75 bits per heavy atom. The van der Waals surface area contributed by atoms with Crippen molar-refractivity contribution in [1.82, 2.24) is 0 Å². The molecule has 0 aromatic rings. The zero-order valence-corrected chi connectivity index (χ0v) is 13.4. The van der Waals surface area contributed by atoms with E-state index in [0.29, 0.717) is 11.0 Å². The molecule has 0 aliphatic heterocycles. The molecule has 0 amide bonds. The van der Waals surface area contributed by atoms with Gasteiger partial charge < -0.3 is 4.74 Å². The van der Waals surface area contributed by atoms with Crippen LogP contribution in [0.3, 0.4) is 0 Å². The Kier molecular flexibility index (Phi) is 2.91. The molecule has 4 bridgehead atoms. The Labute approximate surface area is 123 Å². The SMILES string of the molecule is C=C(C)C(=O)OC(C)(C)C12CC3CC(CC(C)(C3)C1)C2. The van der Waals surface area contributed by atoms with E-state index in [0.717, 1.165) is 11.8 Å². The van der Waals surface area contributed by atoms with Gasteiger partial charge in [-0.3, -0.25) is 0 Å². The van der Waals surface area contributed by atoms with Crippen molar-refractivity contribution in [1.29, 1.82) is 0 Å². The smallest absolute Gasteiger partial charge is 0.333 e. The summed E-state index contributed by atoms with van der Waals surface area (Å²) in [4.78, 5) is 12.0. The highest BCUT2D eigenvalue weighted by Crippen LogP contribution is 2.68. The maximum atomic E-state index is 12.0. The summed E-state index contributed by atoms with van der Waals surface area (Å²) in [7, 11) is 0. The van der Waals surface area contributed by atoms with E-state index in [1.54, 1.807) is 6.92 Å². The summed E-state index contributed by atoms with van der Waals surface area (Å²) in [6, 6.07) is 0. The van der Waals surface area contributed by atoms with E-state index in [1.165, 1.54) is 38.5 Å². The van der Waals surface area contributed by atoms with Crippen LogP contribution in [0.1, 0.15) is 66.2 Å². The quantitative estimate of drug-likeness (QED) is 0.561. The molecular formula is C18H28O2. The van der Waals surface area contributed by atoms with Gasteiger partial charge in [-0.25, -0.2) is 4.79 Å². The number of carbonyl (C=O) groups is 1. The lowest BCUT2D eigenvalue weighted by Crippen LogP contribution is -2.60. The lowest BCUT2D eigenvalue weighted by atomic mass is 9.41. The number of ether oxygens (including phenoxy) is 1. The highest BCUT2D eigenvalue weighted by molar-refractivity contribution is 5.87. The number of rotatable bonds is 3. The van der Waals surface area contributed by atoms with Gasteiger partial charge in [-0.05, 0) is 76.5 Å². The minimum Gasteiger partial charge on any atom is -0.456 e. The summed E-state index contributed by atoms with van der Waals surface area (Å²) in [6.07, 6.45) is 7.89. The second-order valence-electron chi connectivity index (χ2n) is 8.73. The number of hydrogen-bond donors (Lipinski definition) is 0. The summed E-state index contributed by atoms with van der Waals surface area (Å²) in [6.45, 7) is 12.2. The third-order valence-corrected chi connectivity index (χ3v) is 6.33. The van der Waals surface area contributed by atoms with Gasteiger partial charge in [0, 0.05) is 11.0 Å². The Morgan fingerprint density at radius 3 is 2.20 bits per heavy atom. The first-order valence-corrected chi connectivity index (χ1v) is 8.04. The van der Waals surface area contributed by atoms with E-state index in [-0.39, 0.29) is 17.0 Å². The van der Waals surface area contributed by atoms with E-state index in [4.69, 9.17) is 4.74 Å². The Bertz CT molecular complexity index is 446. The number of carbonyl (C=O) groups excluding carboxylic acids is 1. The molecule has 0 spiro atoms. The molecule has 0 aromatic heterocycles. The van der Waals surface area contributed by atoms with Crippen molar-refractivity contribution in [3.05, 3.63) is 12.2 Å². The summed E-state index contributed by atoms with van der Waals surface area (Å²) in [5.74, 6) is 1.48. The zero-order chi connectivity index (χ0) is 14.8. The molecule has 2 heteroatoms. The fourth-order valence-corrected chi connectivity index (χ4v) is 5.85. The standard InChI is InChI=1S/C18H28O2/c1-12(2)15(19)20-16(3,4)18-9-13-6-14(10-18)8-17(5,7-13)11-18/h13-14H,1,6-11H2,2-5H3. The van der Waals surface area contributed by atoms with E-state index < -0.39 is 0 Å². The van der Waals surface area contributed by atoms with Crippen molar-refractivity contribution in [3.63, 3.8) is 0 Å². The van der Waals surface area contributed by atoms with E-state index in [1.807, 2.05) is 0 Å². The minimum atomic E-state index is -0.373. The summed E-state index contributed by atoms with van der Waals surface area (Å²) >= 11 is 0. The topological polar surface area (TPSA) is 26.3 Å². The highest BCUT2D eigenvalue weighted by atomic mass is 16.6. The Balaban J connectivity index is 1.88. The van der Waals surface area contributed by atoms with Crippen molar-refractivity contribution in [2.75, 3.05) is 0 Å². The van der Waals surface area contributed by atoms with Gasteiger partial charge in [0.25, 0.3) is 0 Å². The monoisotopic (exact) mass is 276 g/mol. The molecule has 0 radical (unpaired) electrons. The Hall–Kier alpha value is -0.790.